The first kappa shape index (κ1) is 18.6. The van der Waals surface area contributed by atoms with Crippen LogP contribution < -0.4 is 10.9 Å². The van der Waals surface area contributed by atoms with Crippen LogP contribution in [0.1, 0.15) is 50.4 Å². The first-order valence-electron chi connectivity index (χ1n) is 8.75. The molecule has 1 fully saturated rings. The second-order valence-electron chi connectivity index (χ2n) is 7.67. The molecular weight excluding hydrogens is 392 g/mol. The molecule has 1 aliphatic heterocycles. The molecule has 0 unspecified atom stereocenters. The van der Waals surface area contributed by atoms with E-state index < -0.39 is 0 Å². The van der Waals surface area contributed by atoms with Gasteiger partial charge in [0.2, 0.25) is 5.91 Å². The van der Waals surface area contributed by atoms with Crippen molar-refractivity contribution in [2.45, 2.75) is 45.1 Å². The van der Waals surface area contributed by atoms with E-state index in [1.807, 2.05) is 12.1 Å². The number of carbonyl (C=O) groups is 1. The molecule has 1 aromatic heterocycles. The maximum Gasteiger partial charge on any atom is 0.262 e. The molecule has 4 nitrogen and oxygen atoms in total. The van der Waals surface area contributed by atoms with Crippen LogP contribution in [-0.4, -0.2) is 16.9 Å². The van der Waals surface area contributed by atoms with Crippen LogP contribution in [0.15, 0.2) is 51.7 Å². The molecule has 0 bridgehead atoms. The number of pyridine rings is 1. The molecule has 0 aliphatic carbocycles. The first-order chi connectivity index (χ1) is 12.2. The normalized spacial score (nSPS) is 18.1. The van der Waals surface area contributed by atoms with E-state index in [0.29, 0.717) is 10.9 Å². The van der Waals surface area contributed by atoms with Crippen molar-refractivity contribution in [2.75, 3.05) is 0 Å². The summed E-state index contributed by atoms with van der Waals surface area (Å²) in [4.78, 5) is 26.5. The quantitative estimate of drug-likeness (QED) is 0.792. The van der Waals surface area contributed by atoms with Crippen molar-refractivity contribution in [1.29, 1.82) is 0 Å². The number of rotatable bonds is 3. The smallest absolute Gasteiger partial charge is 0.262 e. The van der Waals surface area contributed by atoms with Crippen molar-refractivity contribution >= 4 is 27.4 Å². The van der Waals surface area contributed by atoms with Crippen LogP contribution in [0.4, 0.5) is 0 Å². The zero-order valence-electron chi connectivity index (χ0n) is 15.2. The Morgan fingerprint density at radius 1 is 1.12 bits per heavy atom. The van der Waals surface area contributed by atoms with Crippen molar-refractivity contribution in [1.82, 2.24) is 10.3 Å². The van der Waals surface area contributed by atoms with Gasteiger partial charge in [-0.05, 0) is 51.0 Å². The lowest BCUT2D eigenvalue weighted by atomic mass is 9.86. The average molecular weight is 415 g/mol. The molecule has 136 valence electrons. The van der Waals surface area contributed by atoms with Crippen molar-refractivity contribution < 1.29 is 4.79 Å². The van der Waals surface area contributed by atoms with Gasteiger partial charge in [-0.15, -0.1) is 0 Å². The Balaban J connectivity index is 2.05. The van der Waals surface area contributed by atoms with Crippen molar-refractivity contribution in [3.05, 3.63) is 74.1 Å². The highest BCUT2D eigenvalue weighted by Gasteiger charge is 2.21. The lowest BCUT2D eigenvalue weighted by molar-refractivity contribution is -0.119. The zero-order chi connectivity index (χ0) is 18.9. The molecule has 5 heteroatoms. The van der Waals surface area contributed by atoms with E-state index in [9.17, 15) is 9.59 Å². The Labute approximate surface area is 161 Å². The highest BCUT2D eigenvalue weighted by molar-refractivity contribution is 9.10. The Bertz CT molecular complexity index is 905. The van der Waals surface area contributed by atoms with Gasteiger partial charge < -0.3 is 10.3 Å². The summed E-state index contributed by atoms with van der Waals surface area (Å²) in [6, 6.07) is 12.0. The number of amides is 1. The number of hydrogen-bond acceptors (Lipinski definition) is 2. The van der Waals surface area contributed by atoms with E-state index in [-0.39, 0.29) is 22.9 Å². The van der Waals surface area contributed by atoms with E-state index >= 15 is 0 Å². The topological polar surface area (TPSA) is 62.0 Å². The minimum absolute atomic E-state index is 0.0214. The molecule has 3 rings (SSSR count). The van der Waals surface area contributed by atoms with Gasteiger partial charge in [0.15, 0.2) is 0 Å². The second-order valence-corrected chi connectivity index (χ2v) is 8.52. The highest BCUT2D eigenvalue weighted by Crippen LogP contribution is 2.28. The predicted octanol–water partition coefficient (Wildman–Crippen LogP) is 4.15. The molecule has 1 atom stereocenters. The summed E-state index contributed by atoms with van der Waals surface area (Å²) in [5.41, 5.74) is 3.82. The molecule has 2 heterocycles. The molecule has 0 spiro atoms. The average Bonchev–Trinajstić information content (AvgIpc) is 3.00. The van der Waals surface area contributed by atoms with Gasteiger partial charge >= 0.3 is 0 Å². The molecule has 0 saturated carbocycles. The van der Waals surface area contributed by atoms with Gasteiger partial charge in [-0.1, -0.05) is 51.1 Å². The van der Waals surface area contributed by atoms with Crippen LogP contribution >= 0.6 is 15.9 Å². The molecule has 2 N–H and O–H groups in total. The summed E-state index contributed by atoms with van der Waals surface area (Å²) in [5.74, 6) is 0.0676. The number of carbonyl (C=O) groups excluding carboxylic acids is 1. The zero-order valence-corrected chi connectivity index (χ0v) is 16.8. The van der Waals surface area contributed by atoms with Crippen LogP contribution in [0.5, 0.6) is 0 Å². The molecule has 0 radical (unpaired) electrons. The monoisotopic (exact) mass is 414 g/mol. The minimum Gasteiger partial charge on any atom is -0.350 e. The predicted molar refractivity (Wildman–Crippen MR) is 108 cm³/mol. The molecule has 1 aliphatic rings. The third-order valence-corrected chi connectivity index (χ3v) is 5.23. The molecule has 1 aromatic carbocycles. The third kappa shape index (κ3) is 4.15. The van der Waals surface area contributed by atoms with E-state index in [2.05, 4.69) is 71.3 Å². The maximum atomic E-state index is 12.1. The lowest BCUT2D eigenvalue weighted by Gasteiger charge is -2.20. The molecule has 2 aromatic rings. The SMILES string of the molecule is CC(C)(C)c1ccc(/C(=C\[C@H]2CCC(=O)N2)c2ccc(Br)c(=O)[nH]2)cc1. The van der Waals surface area contributed by atoms with Gasteiger partial charge in [0.25, 0.3) is 5.56 Å². The Hall–Kier alpha value is -2.14. The highest BCUT2D eigenvalue weighted by atomic mass is 79.9. The molecule has 1 amide bonds. The fraction of sp³-hybridized carbons (Fsp3) is 0.333. The summed E-state index contributed by atoms with van der Waals surface area (Å²) in [5, 5.41) is 2.97. The summed E-state index contributed by atoms with van der Waals surface area (Å²) in [7, 11) is 0. The largest absolute Gasteiger partial charge is 0.350 e. The number of aromatic nitrogens is 1. The van der Waals surface area contributed by atoms with Crippen LogP contribution in [0, 0.1) is 0 Å². The third-order valence-electron chi connectivity index (χ3n) is 4.61. The Kier molecular flexibility index (Phi) is 5.19. The van der Waals surface area contributed by atoms with Crippen molar-refractivity contribution in [3.8, 4) is 0 Å². The van der Waals surface area contributed by atoms with E-state index in [0.717, 1.165) is 23.3 Å². The summed E-state index contributed by atoms with van der Waals surface area (Å²) in [6.07, 6.45) is 3.34. The van der Waals surface area contributed by atoms with Crippen LogP contribution in [0.25, 0.3) is 5.57 Å². The fourth-order valence-electron chi connectivity index (χ4n) is 3.07. The van der Waals surface area contributed by atoms with Gasteiger partial charge in [-0.3, -0.25) is 9.59 Å². The van der Waals surface area contributed by atoms with Gasteiger partial charge in [0.05, 0.1) is 4.47 Å². The van der Waals surface area contributed by atoms with Crippen LogP contribution in [-0.2, 0) is 10.2 Å². The maximum absolute atomic E-state index is 12.1. The molecule has 26 heavy (non-hydrogen) atoms. The summed E-state index contributed by atoms with van der Waals surface area (Å²) in [6.45, 7) is 6.54. The minimum atomic E-state index is -0.171. The summed E-state index contributed by atoms with van der Waals surface area (Å²) >= 11 is 3.24. The number of halogens is 1. The van der Waals surface area contributed by atoms with Crippen molar-refractivity contribution in [3.63, 3.8) is 0 Å². The van der Waals surface area contributed by atoms with Crippen molar-refractivity contribution in [2.24, 2.45) is 0 Å². The number of nitrogens with one attached hydrogen (secondary N) is 2. The van der Waals surface area contributed by atoms with Crippen LogP contribution in [0.3, 0.4) is 0 Å². The summed E-state index contributed by atoms with van der Waals surface area (Å²) < 4.78 is 0.498. The van der Waals surface area contributed by atoms with Gasteiger partial charge in [0, 0.05) is 23.7 Å². The molecule has 1 saturated heterocycles. The number of hydrogen-bond donors (Lipinski definition) is 2. The Morgan fingerprint density at radius 3 is 2.35 bits per heavy atom. The standard InChI is InChI=1S/C21H23BrN2O2/c1-21(2,3)14-6-4-13(5-7-14)16(12-15-8-11-19(25)23-15)18-10-9-17(22)20(26)24-18/h4-7,9-10,12,15H,8,11H2,1-3H3,(H,23,25)(H,24,26)/b16-12+/t15-/m1/s1. The van der Waals surface area contributed by atoms with Gasteiger partial charge in [-0.2, -0.15) is 0 Å². The molecular formula is C21H23BrN2O2. The van der Waals surface area contributed by atoms with E-state index in [1.165, 1.54) is 5.56 Å². The fourth-order valence-corrected chi connectivity index (χ4v) is 3.30. The van der Waals surface area contributed by atoms with Crippen LogP contribution in [0.2, 0.25) is 0 Å². The first-order valence-corrected chi connectivity index (χ1v) is 9.54. The van der Waals surface area contributed by atoms with Gasteiger partial charge in [0.1, 0.15) is 0 Å². The van der Waals surface area contributed by atoms with Gasteiger partial charge in [-0.25, -0.2) is 0 Å². The lowest BCUT2D eigenvalue weighted by Crippen LogP contribution is -2.23. The Morgan fingerprint density at radius 2 is 1.81 bits per heavy atom. The van der Waals surface area contributed by atoms with E-state index in [1.54, 1.807) is 6.07 Å². The number of benzene rings is 1. The second kappa shape index (κ2) is 7.23. The number of aromatic amines is 1. The van der Waals surface area contributed by atoms with E-state index in [4.69, 9.17) is 0 Å². The number of H-pyrrole nitrogens is 1.